The Kier molecular flexibility index (Phi) is 4.15. The molecular formula is C17H23NO4. The van der Waals surface area contributed by atoms with E-state index in [4.69, 9.17) is 18.9 Å². The molecule has 0 spiro atoms. The molecule has 0 aliphatic carbocycles. The third-order valence-corrected chi connectivity index (χ3v) is 4.53. The molecule has 0 unspecified atom stereocenters. The topological polar surface area (TPSA) is 58.9 Å². The lowest BCUT2D eigenvalue weighted by Crippen LogP contribution is -2.52. The van der Waals surface area contributed by atoms with Gasteiger partial charge >= 0.3 is 0 Å². The van der Waals surface area contributed by atoms with Crippen LogP contribution in [-0.4, -0.2) is 43.8 Å². The number of nitrogens with one attached hydrogen (secondary N) is 1. The van der Waals surface area contributed by atoms with Crippen LogP contribution in [0.5, 0.6) is 0 Å². The van der Waals surface area contributed by atoms with E-state index in [1.165, 1.54) is 0 Å². The molecule has 1 aromatic rings. The zero-order valence-electron chi connectivity index (χ0n) is 12.8. The Hall–Kier alpha value is -0.980. The van der Waals surface area contributed by atoms with E-state index in [9.17, 15) is 0 Å². The number of benzene rings is 1. The molecule has 6 atom stereocenters. The summed E-state index contributed by atoms with van der Waals surface area (Å²) in [4.78, 5) is 0. The van der Waals surface area contributed by atoms with Crippen molar-refractivity contribution in [2.45, 2.75) is 56.6 Å². The first-order valence-corrected chi connectivity index (χ1v) is 8.22. The Labute approximate surface area is 130 Å². The molecule has 1 aromatic carbocycles. The molecule has 3 aliphatic heterocycles. The number of fused-ring (bicyclic) bond motifs is 3. The van der Waals surface area contributed by atoms with Crippen LogP contribution in [0.2, 0.25) is 0 Å². The monoisotopic (exact) mass is 305 g/mol. The number of rotatable bonds is 5. The smallest absolute Gasteiger partial charge is 0.184 e. The number of unbranched alkanes of at least 4 members (excludes halogenated alkanes) is 1. The third kappa shape index (κ3) is 2.79. The van der Waals surface area contributed by atoms with E-state index >= 15 is 0 Å². The van der Waals surface area contributed by atoms with Gasteiger partial charge in [-0.25, -0.2) is 0 Å². The van der Waals surface area contributed by atoms with Gasteiger partial charge in [-0.05, 0) is 6.42 Å². The molecule has 0 radical (unpaired) electrons. The van der Waals surface area contributed by atoms with E-state index in [-0.39, 0.29) is 30.8 Å². The van der Waals surface area contributed by atoms with Crippen LogP contribution in [0.1, 0.15) is 31.6 Å². The van der Waals surface area contributed by atoms with Gasteiger partial charge in [0.1, 0.15) is 12.2 Å². The molecule has 22 heavy (non-hydrogen) atoms. The second-order valence-corrected chi connectivity index (χ2v) is 6.16. The average Bonchev–Trinajstić information content (AvgIpc) is 3.37. The minimum Gasteiger partial charge on any atom is -0.351 e. The fourth-order valence-corrected chi connectivity index (χ4v) is 3.22. The average molecular weight is 305 g/mol. The lowest BCUT2D eigenvalue weighted by atomic mass is 10.0. The van der Waals surface area contributed by atoms with Crippen LogP contribution < -0.4 is 5.32 Å². The van der Waals surface area contributed by atoms with E-state index in [0.717, 1.165) is 25.0 Å². The molecule has 5 nitrogen and oxygen atoms in total. The summed E-state index contributed by atoms with van der Waals surface area (Å²) < 4.78 is 23.9. The molecule has 120 valence electrons. The fraction of sp³-hybridized carbons (Fsp3) is 0.647. The highest BCUT2D eigenvalue weighted by Crippen LogP contribution is 2.39. The molecule has 3 heterocycles. The first kappa shape index (κ1) is 14.6. The lowest BCUT2D eigenvalue weighted by Gasteiger charge is -2.40. The SMILES string of the molecule is CCCCO[C@@H]1O[C@H]2CO[C@H](c3ccccc3)O[C@H]2[C@H]2N[C@@H]12. The highest BCUT2D eigenvalue weighted by Gasteiger charge is 2.58. The maximum Gasteiger partial charge on any atom is 0.184 e. The van der Waals surface area contributed by atoms with Crippen molar-refractivity contribution in [3.8, 4) is 0 Å². The van der Waals surface area contributed by atoms with Crippen molar-refractivity contribution in [1.82, 2.24) is 5.32 Å². The van der Waals surface area contributed by atoms with Gasteiger partial charge < -0.3 is 24.3 Å². The number of hydrogen-bond donors (Lipinski definition) is 1. The zero-order chi connectivity index (χ0) is 14.9. The summed E-state index contributed by atoms with van der Waals surface area (Å²) in [7, 11) is 0. The van der Waals surface area contributed by atoms with Gasteiger partial charge in [-0.15, -0.1) is 0 Å². The van der Waals surface area contributed by atoms with Crippen molar-refractivity contribution in [2.75, 3.05) is 13.2 Å². The van der Waals surface area contributed by atoms with E-state index < -0.39 is 0 Å². The molecular weight excluding hydrogens is 282 g/mol. The van der Waals surface area contributed by atoms with E-state index in [0.29, 0.717) is 12.6 Å². The third-order valence-electron chi connectivity index (χ3n) is 4.53. The van der Waals surface area contributed by atoms with Gasteiger partial charge in [-0.2, -0.15) is 0 Å². The van der Waals surface area contributed by atoms with Crippen molar-refractivity contribution < 1.29 is 18.9 Å². The normalized spacial score (nSPS) is 39.9. The van der Waals surface area contributed by atoms with Crippen LogP contribution in [-0.2, 0) is 18.9 Å². The van der Waals surface area contributed by atoms with E-state index in [1.807, 2.05) is 30.3 Å². The molecule has 0 saturated carbocycles. The maximum absolute atomic E-state index is 6.14. The van der Waals surface area contributed by atoms with Crippen molar-refractivity contribution in [3.05, 3.63) is 35.9 Å². The van der Waals surface area contributed by atoms with E-state index in [2.05, 4.69) is 12.2 Å². The second-order valence-electron chi connectivity index (χ2n) is 6.16. The van der Waals surface area contributed by atoms with Crippen molar-refractivity contribution >= 4 is 0 Å². The predicted octanol–water partition coefficient (Wildman–Crippen LogP) is 1.98. The molecule has 3 saturated heterocycles. The van der Waals surface area contributed by atoms with E-state index in [1.54, 1.807) is 0 Å². The molecule has 0 bridgehead atoms. The molecule has 3 aliphatic rings. The minimum absolute atomic E-state index is 0.0370. The first-order valence-electron chi connectivity index (χ1n) is 8.22. The van der Waals surface area contributed by atoms with Crippen LogP contribution in [0, 0.1) is 0 Å². The Morgan fingerprint density at radius 2 is 2.05 bits per heavy atom. The van der Waals surface area contributed by atoms with Gasteiger partial charge in [0.05, 0.1) is 18.7 Å². The molecule has 4 rings (SSSR count). The predicted molar refractivity (Wildman–Crippen MR) is 80.2 cm³/mol. The standard InChI is InChI=1S/C17H23NO4/c1-2-3-9-19-17-14-13(18-14)15-12(21-17)10-20-16(22-15)11-7-5-4-6-8-11/h4-8,12-18H,2-3,9-10H2,1H3/t12-,13-,14+,15+,16-,17+/m0/s1. The van der Waals surface area contributed by atoms with Crippen molar-refractivity contribution in [2.24, 2.45) is 0 Å². The van der Waals surface area contributed by atoms with Gasteiger partial charge in [-0.1, -0.05) is 43.7 Å². The molecule has 0 amide bonds. The summed E-state index contributed by atoms with van der Waals surface area (Å²) in [6.07, 6.45) is 1.71. The van der Waals surface area contributed by atoms with Gasteiger partial charge in [0.15, 0.2) is 12.6 Å². The quantitative estimate of drug-likeness (QED) is 0.666. The van der Waals surface area contributed by atoms with Crippen molar-refractivity contribution in [1.29, 1.82) is 0 Å². The summed E-state index contributed by atoms with van der Waals surface area (Å²) in [6, 6.07) is 10.6. The highest BCUT2D eigenvalue weighted by molar-refractivity contribution is 5.18. The first-order chi connectivity index (χ1) is 10.9. The Balaban J connectivity index is 1.38. The summed E-state index contributed by atoms with van der Waals surface area (Å²) in [5, 5.41) is 3.45. The lowest BCUT2D eigenvalue weighted by molar-refractivity contribution is -0.307. The molecule has 1 N–H and O–H groups in total. The molecule has 5 heteroatoms. The van der Waals surface area contributed by atoms with Crippen LogP contribution >= 0.6 is 0 Å². The van der Waals surface area contributed by atoms with Crippen molar-refractivity contribution in [3.63, 3.8) is 0 Å². The maximum atomic E-state index is 6.14. The van der Waals surface area contributed by atoms with Gasteiger partial charge in [0, 0.05) is 12.2 Å². The Morgan fingerprint density at radius 3 is 2.86 bits per heavy atom. The number of ether oxygens (including phenoxy) is 4. The molecule has 0 aromatic heterocycles. The second kappa shape index (κ2) is 6.26. The largest absolute Gasteiger partial charge is 0.351 e. The van der Waals surface area contributed by atoms with Gasteiger partial charge in [0.25, 0.3) is 0 Å². The van der Waals surface area contributed by atoms with Crippen LogP contribution in [0.3, 0.4) is 0 Å². The Morgan fingerprint density at radius 1 is 1.18 bits per heavy atom. The number of hydrogen-bond acceptors (Lipinski definition) is 5. The van der Waals surface area contributed by atoms with Crippen LogP contribution in [0.25, 0.3) is 0 Å². The molecule has 3 fully saturated rings. The zero-order valence-corrected chi connectivity index (χ0v) is 12.8. The Bertz CT molecular complexity index is 497. The fourth-order valence-electron chi connectivity index (χ4n) is 3.22. The van der Waals surface area contributed by atoms with Gasteiger partial charge in [0.2, 0.25) is 0 Å². The highest BCUT2D eigenvalue weighted by atomic mass is 16.7. The summed E-state index contributed by atoms with van der Waals surface area (Å²) in [5.74, 6) is 0. The van der Waals surface area contributed by atoms with Crippen LogP contribution in [0.15, 0.2) is 30.3 Å². The van der Waals surface area contributed by atoms with Crippen LogP contribution in [0.4, 0.5) is 0 Å². The van der Waals surface area contributed by atoms with Gasteiger partial charge in [-0.3, -0.25) is 0 Å². The summed E-state index contributed by atoms with van der Waals surface area (Å²) in [6.45, 7) is 3.45. The summed E-state index contributed by atoms with van der Waals surface area (Å²) in [5.41, 5.74) is 1.06. The summed E-state index contributed by atoms with van der Waals surface area (Å²) >= 11 is 0. The minimum atomic E-state index is -0.299.